The van der Waals surface area contributed by atoms with Crippen LogP contribution >= 0.6 is 0 Å². The molecular formula is C5H11N. The average molecular weight is 85.1 g/mol. The highest BCUT2D eigenvalue weighted by molar-refractivity contribution is 4.86. The third-order valence-electron chi connectivity index (χ3n) is 1.53. The Labute approximate surface area is 38.7 Å². The first-order valence-corrected chi connectivity index (χ1v) is 2.40. The van der Waals surface area contributed by atoms with Crippen LogP contribution in [0, 0.1) is 7.05 Å². The predicted molar refractivity (Wildman–Crippen MR) is 24.9 cm³/mol. The van der Waals surface area contributed by atoms with Crippen molar-refractivity contribution in [2.75, 3.05) is 0 Å². The van der Waals surface area contributed by atoms with E-state index in [1.807, 2.05) is 5.32 Å². The summed E-state index contributed by atoms with van der Waals surface area (Å²) in [7, 11) is 3.69. The normalized spacial score (nSPS) is 27.0. The largest absolute Gasteiger partial charge is 0.474 e. The Bertz CT molecular complexity index is 55.0. The minimum atomic E-state index is 0.556. The van der Waals surface area contributed by atoms with Crippen LogP contribution in [0.5, 0.6) is 0 Å². The van der Waals surface area contributed by atoms with Crippen molar-refractivity contribution >= 4 is 0 Å². The minimum absolute atomic E-state index is 0.556. The Morgan fingerprint density at radius 1 is 1.67 bits per heavy atom. The van der Waals surface area contributed by atoms with Gasteiger partial charge in [-0.15, -0.1) is 0 Å². The maximum Gasteiger partial charge on any atom is 0.0699 e. The number of quaternary nitrogens is 1. The van der Waals surface area contributed by atoms with Crippen LogP contribution in [-0.2, 0) is 0 Å². The fraction of sp³-hybridized carbons (Fsp3) is 0.800. The number of nitrogens with two attached hydrogens (primary N) is 1. The zero-order chi connectivity index (χ0) is 4.62. The zero-order valence-corrected chi connectivity index (χ0v) is 4.20. The van der Waals surface area contributed by atoms with Crippen LogP contribution in [0.15, 0.2) is 0 Å². The van der Waals surface area contributed by atoms with Crippen molar-refractivity contribution in [2.24, 2.45) is 0 Å². The Balaban J connectivity index is 2.28. The second-order valence-corrected chi connectivity index (χ2v) is 2.36. The van der Waals surface area contributed by atoms with E-state index in [0.717, 1.165) is 0 Å². The Morgan fingerprint density at radius 2 is 2.17 bits per heavy atom. The highest BCUT2D eigenvalue weighted by atomic mass is 15.0. The van der Waals surface area contributed by atoms with E-state index >= 15 is 0 Å². The number of rotatable bonds is 1. The Hall–Kier alpha value is -0.0400. The predicted octanol–water partition coefficient (Wildman–Crippen LogP) is -0.106. The molecule has 0 radical (unpaired) electrons. The second-order valence-electron chi connectivity index (χ2n) is 2.36. The van der Waals surface area contributed by atoms with Gasteiger partial charge in [0.2, 0.25) is 0 Å². The lowest BCUT2D eigenvalue weighted by atomic mass is 10.3. The van der Waals surface area contributed by atoms with Gasteiger partial charge in [-0.05, 0) is 6.92 Å². The van der Waals surface area contributed by atoms with E-state index in [1.165, 1.54) is 12.8 Å². The van der Waals surface area contributed by atoms with Crippen LogP contribution in [0.1, 0.15) is 19.8 Å². The average Bonchev–Trinajstić information content (AvgIpc) is 2.22. The third kappa shape index (κ3) is 0.548. The third-order valence-corrected chi connectivity index (χ3v) is 1.53. The quantitative estimate of drug-likeness (QED) is 0.428. The van der Waals surface area contributed by atoms with Gasteiger partial charge in [0.25, 0.3) is 0 Å². The summed E-state index contributed by atoms with van der Waals surface area (Å²) in [5.41, 5.74) is 0.556. The summed E-state index contributed by atoms with van der Waals surface area (Å²) < 4.78 is 0. The highest BCUT2D eigenvalue weighted by Crippen LogP contribution is 2.28. The van der Waals surface area contributed by atoms with Gasteiger partial charge in [-0.3, -0.25) is 0 Å². The van der Waals surface area contributed by atoms with Gasteiger partial charge < -0.3 is 5.32 Å². The monoisotopic (exact) mass is 85.1 g/mol. The van der Waals surface area contributed by atoms with Crippen LogP contribution < -0.4 is 5.32 Å². The molecule has 0 saturated heterocycles. The van der Waals surface area contributed by atoms with Gasteiger partial charge in [-0.25, -0.2) is 0 Å². The molecule has 6 heavy (non-hydrogen) atoms. The molecule has 1 aliphatic carbocycles. The van der Waals surface area contributed by atoms with Crippen molar-refractivity contribution in [3.05, 3.63) is 7.05 Å². The lowest BCUT2D eigenvalue weighted by molar-refractivity contribution is -0.645. The van der Waals surface area contributed by atoms with E-state index in [1.54, 1.807) is 0 Å². The first kappa shape index (κ1) is 4.13. The van der Waals surface area contributed by atoms with E-state index in [2.05, 4.69) is 14.0 Å². The summed E-state index contributed by atoms with van der Waals surface area (Å²) in [4.78, 5) is 0. The molecule has 0 unspecified atom stereocenters. The Morgan fingerprint density at radius 3 is 2.17 bits per heavy atom. The molecular weight excluding hydrogens is 74.1 g/mol. The van der Waals surface area contributed by atoms with E-state index < -0.39 is 0 Å². The standard InChI is InChI=1S/C5H11N/c1-5(6-2)3-4-5/h2-4,6H2,1H3. The molecule has 36 valence electrons. The molecule has 0 bridgehead atoms. The summed E-state index contributed by atoms with van der Waals surface area (Å²) in [5.74, 6) is 0. The van der Waals surface area contributed by atoms with E-state index in [9.17, 15) is 0 Å². The molecule has 1 nitrogen and oxygen atoms in total. The molecule has 0 amide bonds. The van der Waals surface area contributed by atoms with Crippen molar-refractivity contribution in [3.63, 3.8) is 0 Å². The first-order chi connectivity index (χ1) is 2.77. The molecule has 1 saturated carbocycles. The lowest BCUT2D eigenvalue weighted by Crippen LogP contribution is -2.84. The van der Waals surface area contributed by atoms with E-state index in [-0.39, 0.29) is 0 Å². The molecule has 0 aromatic rings. The van der Waals surface area contributed by atoms with Gasteiger partial charge in [0, 0.05) is 12.8 Å². The molecule has 2 N–H and O–H groups in total. The van der Waals surface area contributed by atoms with Crippen LogP contribution in [-0.4, -0.2) is 5.54 Å². The fourth-order valence-corrected chi connectivity index (χ4v) is 0.401. The first-order valence-electron chi connectivity index (χ1n) is 2.40. The van der Waals surface area contributed by atoms with Crippen molar-refractivity contribution < 1.29 is 5.32 Å². The molecule has 1 rings (SSSR count). The van der Waals surface area contributed by atoms with Gasteiger partial charge in [0.15, 0.2) is 0 Å². The number of hydrogen-bond donors (Lipinski definition) is 1. The zero-order valence-electron chi connectivity index (χ0n) is 4.20. The van der Waals surface area contributed by atoms with Gasteiger partial charge in [-0.1, -0.05) is 0 Å². The highest BCUT2D eigenvalue weighted by Gasteiger charge is 2.37. The van der Waals surface area contributed by atoms with Crippen molar-refractivity contribution in [2.45, 2.75) is 25.3 Å². The molecule has 0 aliphatic heterocycles. The summed E-state index contributed by atoms with van der Waals surface area (Å²) in [5, 5.41) is 2.05. The van der Waals surface area contributed by atoms with Crippen molar-refractivity contribution in [3.8, 4) is 0 Å². The second kappa shape index (κ2) is 0.969. The minimum Gasteiger partial charge on any atom is -0.474 e. The summed E-state index contributed by atoms with van der Waals surface area (Å²) in [6, 6.07) is 0. The van der Waals surface area contributed by atoms with Crippen LogP contribution in [0.3, 0.4) is 0 Å². The van der Waals surface area contributed by atoms with Gasteiger partial charge in [0.1, 0.15) is 0 Å². The Kier molecular flexibility index (Phi) is 0.667. The molecule has 0 spiro atoms. The van der Waals surface area contributed by atoms with E-state index in [4.69, 9.17) is 0 Å². The van der Waals surface area contributed by atoms with Gasteiger partial charge in [0.05, 0.1) is 5.54 Å². The molecule has 0 aromatic heterocycles. The topological polar surface area (TPSA) is 16.6 Å². The molecule has 1 aliphatic rings. The summed E-state index contributed by atoms with van der Waals surface area (Å²) in [6.45, 7) is 2.24. The molecule has 0 atom stereocenters. The fourth-order valence-electron chi connectivity index (χ4n) is 0.401. The SMILES string of the molecule is [CH2-][NH2+]C1(C)CC1. The smallest absolute Gasteiger partial charge is 0.0699 e. The van der Waals surface area contributed by atoms with Crippen LogP contribution in [0.4, 0.5) is 0 Å². The van der Waals surface area contributed by atoms with Crippen LogP contribution in [0.25, 0.3) is 0 Å². The maximum atomic E-state index is 3.69. The molecule has 0 aromatic carbocycles. The van der Waals surface area contributed by atoms with Crippen molar-refractivity contribution in [1.29, 1.82) is 0 Å². The summed E-state index contributed by atoms with van der Waals surface area (Å²) in [6.07, 6.45) is 2.72. The maximum absolute atomic E-state index is 3.69. The lowest BCUT2D eigenvalue weighted by Gasteiger charge is -2.04. The molecule has 1 heteroatoms. The van der Waals surface area contributed by atoms with Crippen molar-refractivity contribution in [1.82, 2.24) is 0 Å². The number of hydrogen-bond acceptors (Lipinski definition) is 0. The van der Waals surface area contributed by atoms with E-state index in [0.29, 0.717) is 5.54 Å². The molecule has 1 fully saturated rings. The van der Waals surface area contributed by atoms with Crippen LogP contribution in [0.2, 0.25) is 0 Å². The van der Waals surface area contributed by atoms with Gasteiger partial charge in [-0.2, -0.15) is 7.05 Å². The molecule has 0 heterocycles. The summed E-state index contributed by atoms with van der Waals surface area (Å²) >= 11 is 0. The van der Waals surface area contributed by atoms with Gasteiger partial charge >= 0.3 is 0 Å².